The number of hydrogen-bond acceptors (Lipinski definition) is 8. The number of carboxylic acid groups (broad SMARTS) is 1. The summed E-state index contributed by atoms with van der Waals surface area (Å²) in [7, 11) is 2.90. The van der Waals surface area contributed by atoms with Gasteiger partial charge >= 0.3 is 5.97 Å². The van der Waals surface area contributed by atoms with Crippen LogP contribution in [0.3, 0.4) is 0 Å². The van der Waals surface area contributed by atoms with Crippen LogP contribution >= 0.6 is 0 Å². The van der Waals surface area contributed by atoms with Crippen molar-refractivity contribution in [3.8, 4) is 23.0 Å². The molecule has 0 saturated heterocycles. The van der Waals surface area contributed by atoms with Gasteiger partial charge in [0.25, 0.3) is 0 Å². The Bertz CT molecular complexity index is 1100. The van der Waals surface area contributed by atoms with Crippen LogP contribution in [-0.2, 0) is 0 Å². The van der Waals surface area contributed by atoms with Gasteiger partial charge in [0.1, 0.15) is 6.29 Å². The van der Waals surface area contributed by atoms with Crippen molar-refractivity contribution in [2.45, 2.75) is 0 Å². The molecule has 3 rings (SSSR count). The molecule has 0 radical (unpaired) electrons. The minimum absolute atomic E-state index is 0.0399. The molecule has 0 unspecified atom stereocenters. The second-order valence-corrected chi connectivity index (χ2v) is 6.23. The number of carbonyl (C=O) groups is 2. The van der Waals surface area contributed by atoms with E-state index < -0.39 is 5.97 Å². The number of rotatable bonds is 7. The zero-order valence-electron chi connectivity index (χ0n) is 17.4. The number of aromatic hydroxyl groups is 2. The molecule has 0 aliphatic rings. The number of carboxylic acids is 1. The first-order chi connectivity index (χ1) is 15.4. The third kappa shape index (κ3) is 6.77. The Morgan fingerprint density at radius 3 is 1.91 bits per heavy atom. The topological polar surface area (TPSA) is 138 Å². The highest BCUT2D eigenvalue weighted by Gasteiger charge is 2.02. The Hall–Kier alpha value is -4.53. The Kier molecular flexibility index (Phi) is 8.61. The van der Waals surface area contributed by atoms with Crippen LogP contribution < -0.4 is 14.9 Å². The first kappa shape index (κ1) is 23.7. The molecular formula is C23H22N2O7. The van der Waals surface area contributed by atoms with Gasteiger partial charge in [-0.05, 0) is 66.2 Å². The molecule has 9 heteroatoms. The van der Waals surface area contributed by atoms with Crippen LogP contribution in [0.2, 0.25) is 0 Å². The number of nitrogens with zero attached hydrogens (tertiary/aromatic N) is 1. The number of nitrogens with one attached hydrogen (secondary N) is 1. The molecule has 32 heavy (non-hydrogen) atoms. The molecule has 3 aromatic carbocycles. The summed E-state index contributed by atoms with van der Waals surface area (Å²) in [5.41, 5.74) is 4.90. The Morgan fingerprint density at radius 1 is 0.875 bits per heavy atom. The van der Waals surface area contributed by atoms with Gasteiger partial charge in [-0.15, -0.1) is 0 Å². The van der Waals surface area contributed by atoms with E-state index in [1.165, 1.54) is 50.6 Å². The number of phenolic OH excluding ortho intramolecular Hbond substituents is 2. The molecule has 0 bridgehead atoms. The summed E-state index contributed by atoms with van der Waals surface area (Å²) in [4.78, 5) is 21.0. The van der Waals surface area contributed by atoms with Crippen molar-refractivity contribution >= 4 is 24.2 Å². The molecule has 0 aliphatic heterocycles. The largest absolute Gasteiger partial charge is 0.504 e. The number of aldehydes is 1. The summed E-state index contributed by atoms with van der Waals surface area (Å²) < 4.78 is 9.78. The quantitative estimate of drug-likeness (QED) is 0.249. The third-order valence-electron chi connectivity index (χ3n) is 4.08. The first-order valence-corrected chi connectivity index (χ1v) is 9.19. The van der Waals surface area contributed by atoms with E-state index >= 15 is 0 Å². The number of carbonyl (C=O) groups excluding carboxylic acids is 1. The maximum absolute atomic E-state index is 10.7. The average molecular weight is 438 g/mol. The third-order valence-corrected chi connectivity index (χ3v) is 4.08. The number of ether oxygens (including phenoxy) is 2. The fraction of sp³-hybridized carbons (Fsp3) is 0.0870. The summed E-state index contributed by atoms with van der Waals surface area (Å²) in [6.45, 7) is 0. The van der Waals surface area contributed by atoms with Crippen molar-refractivity contribution in [3.63, 3.8) is 0 Å². The summed E-state index contributed by atoms with van der Waals surface area (Å²) >= 11 is 0. The number of methoxy groups -OCH3 is 2. The van der Waals surface area contributed by atoms with Crippen LogP contribution in [0.15, 0.2) is 65.8 Å². The summed E-state index contributed by atoms with van der Waals surface area (Å²) in [5, 5.41) is 31.4. The Labute approximate surface area is 184 Å². The van der Waals surface area contributed by atoms with Crippen LogP contribution in [0.1, 0.15) is 26.3 Å². The number of benzene rings is 3. The predicted octanol–water partition coefficient (Wildman–Crippen LogP) is 3.76. The number of hydrogen-bond donors (Lipinski definition) is 4. The molecule has 0 fully saturated rings. The average Bonchev–Trinajstić information content (AvgIpc) is 2.81. The van der Waals surface area contributed by atoms with E-state index in [-0.39, 0.29) is 17.1 Å². The van der Waals surface area contributed by atoms with Gasteiger partial charge in [-0.25, -0.2) is 4.79 Å². The standard InChI is InChI=1S/C15H14N2O4.C8H8O3/c1-21-14-8-10(2-7-13(14)18)9-16-17-12-5-3-11(4-6-12)15(19)20;1-11-8-4-6(5-9)2-3-7(8)10/h2-9,17-18H,1H3,(H,19,20);2-5,10H,1H3/b16-9+;. The summed E-state index contributed by atoms with van der Waals surface area (Å²) in [6, 6.07) is 15.5. The van der Waals surface area contributed by atoms with E-state index in [2.05, 4.69) is 10.5 Å². The predicted molar refractivity (Wildman–Crippen MR) is 119 cm³/mol. The van der Waals surface area contributed by atoms with Crippen molar-refractivity contribution in [1.82, 2.24) is 0 Å². The minimum Gasteiger partial charge on any atom is -0.504 e. The van der Waals surface area contributed by atoms with E-state index in [4.69, 9.17) is 19.7 Å². The van der Waals surface area contributed by atoms with Crippen LogP contribution in [0.4, 0.5) is 5.69 Å². The number of phenols is 2. The van der Waals surface area contributed by atoms with Gasteiger partial charge in [0.15, 0.2) is 23.0 Å². The van der Waals surface area contributed by atoms with Gasteiger partial charge < -0.3 is 24.8 Å². The molecule has 9 nitrogen and oxygen atoms in total. The van der Waals surface area contributed by atoms with Crippen molar-refractivity contribution in [2.24, 2.45) is 5.10 Å². The van der Waals surface area contributed by atoms with Gasteiger partial charge in [0, 0.05) is 5.56 Å². The molecule has 166 valence electrons. The fourth-order valence-electron chi connectivity index (χ4n) is 2.41. The normalized spacial score (nSPS) is 10.1. The maximum atomic E-state index is 10.7. The Morgan fingerprint density at radius 2 is 1.41 bits per heavy atom. The SMILES string of the molecule is COc1cc(/C=N/Nc2ccc(C(=O)O)cc2)ccc1O.COc1cc(C=O)ccc1O. The van der Waals surface area contributed by atoms with Crippen LogP contribution in [-0.4, -0.2) is 48.0 Å². The van der Waals surface area contributed by atoms with E-state index in [0.29, 0.717) is 29.0 Å². The second-order valence-electron chi connectivity index (χ2n) is 6.23. The smallest absolute Gasteiger partial charge is 0.335 e. The highest BCUT2D eigenvalue weighted by molar-refractivity contribution is 5.88. The Balaban J connectivity index is 0.000000278. The second kappa shape index (κ2) is 11.6. The van der Waals surface area contributed by atoms with Crippen molar-refractivity contribution in [1.29, 1.82) is 0 Å². The molecule has 0 heterocycles. The van der Waals surface area contributed by atoms with Gasteiger partial charge in [-0.2, -0.15) is 5.10 Å². The van der Waals surface area contributed by atoms with E-state index in [1.54, 1.807) is 30.5 Å². The van der Waals surface area contributed by atoms with E-state index in [0.717, 1.165) is 5.56 Å². The lowest BCUT2D eigenvalue weighted by Gasteiger charge is -2.04. The summed E-state index contributed by atoms with van der Waals surface area (Å²) in [6.07, 6.45) is 2.26. The monoisotopic (exact) mass is 438 g/mol. The van der Waals surface area contributed by atoms with E-state index in [9.17, 15) is 14.7 Å². The van der Waals surface area contributed by atoms with Crippen molar-refractivity contribution in [2.75, 3.05) is 19.6 Å². The molecule has 0 spiro atoms. The lowest BCUT2D eigenvalue weighted by Crippen LogP contribution is -1.96. The van der Waals surface area contributed by atoms with Gasteiger partial charge in [0.05, 0.1) is 31.7 Å². The number of aromatic carboxylic acids is 1. The van der Waals surface area contributed by atoms with Crippen molar-refractivity contribution in [3.05, 3.63) is 77.4 Å². The van der Waals surface area contributed by atoms with Crippen LogP contribution in [0.5, 0.6) is 23.0 Å². The van der Waals surface area contributed by atoms with Gasteiger partial charge in [-0.1, -0.05) is 0 Å². The lowest BCUT2D eigenvalue weighted by molar-refractivity contribution is 0.0696. The highest BCUT2D eigenvalue weighted by Crippen LogP contribution is 2.26. The molecule has 0 aromatic heterocycles. The van der Waals surface area contributed by atoms with Crippen LogP contribution in [0.25, 0.3) is 0 Å². The molecule has 3 aromatic rings. The zero-order chi connectivity index (χ0) is 23.5. The molecule has 0 amide bonds. The maximum Gasteiger partial charge on any atom is 0.335 e. The van der Waals surface area contributed by atoms with Gasteiger partial charge in [0.2, 0.25) is 0 Å². The summed E-state index contributed by atoms with van der Waals surface area (Å²) in [5.74, 6) is -0.189. The van der Waals surface area contributed by atoms with E-state index in [1.807, 2.05) is 0 Å². The molecular weight excluding hydrogens is 416 g/mol. The number of anilines is 1. The number of hydrazone groups is 1. The molecule has 4 N–H and O–H groups in total. The van der Waals surface area contributed by atoms with Crippen LogP contribution in [0, 0.1) is 0 Å². The fourth-order valence-corrected chi connectivity index (χ4v) is 2.41. The van der Waals surface area contributed by atoms with Gasteiger partial charge in [-0.3, -0.25) is 10.2 Å². The minimum atomic E-state index is -0.971. The molecule has 0 atom stereocenters. The zero-order valence-corrected chi connectivity index (χ0v) is 17.4. The van der Waals surface area contributed by atoms with Crippen molar-refractivity contribution < 1.29 is 34.4 Å². The molecule has 0 saturated carbocycles. The highest BCUT2D eigenvalue weighted by atomic mass is 16.5. The first-order valence-electron chi connectivity index (χ1n) is 9.19. The lowest BCUT2D eigenvalue weighted by atomic mass is 10.2. The molecule has 0 aliphatic carbocycles.